The normalized spacial score (nSPS) is 24.9. The van der Waals surface area contributed by atoms with Crippen LogP contribution < -0.4 is 5.32 Å². The molecule has 108 valence electrons. The van der Waals surface area contributed by atoms with E-state index in [9.17, 15) is 0 Å². The van der Waals surface area contributed by atoms with Crippen molar-refractivity contribution < 1.29 is 0 Å². The summed E-state index contributed by atoms with van der Waals surface area (Å²) in [5.41, 5.74) is 2.43. The maximum atomic E-state index is 4.54. The zero-order valence-electron chi connectivity index (χ0n) is 12.4. The lowest BCUT2D eigenvalue weighted by Gasteiger charge is -2.28. The molecule has 3 heteroatoms. The fraction of sp³-hybridized carbons (Fsp3) is 0.588. The van der Waals surface area contributed by atoms with Crippen molar-refractivity contribution in [3.8, 4) is 0 Å². The van der Waals surface area contributed by atoms with Crippen molar-refractivity contribution in [3.05, 3.63) is 29.3 Å². The summed E-state index contributed by atoms with van der Waals surface area (Å²) < 4.78 is 1.29. The summed E-state index contributed by atoms with van der Waals surface area (Å²) in [5.74, 6) is 1.77. The largest absolute Gasteiger partial charge is 0.310 e. The van der Waals surface area contributed by atoms with Crippen LogP contribution in [0.1, 0.15) is 51.1 Å². The Morgan fingerprint density at radius 1 is 1.45 bits per heavy atom. The van der Waals surface area contributed by atoms with Gasteiger partial charge in [0, 0.05) is 12.2 Å². The molecular weight excluding hydrogens is 264 g/mol. The van der Waals surface area contributed by atoms with E-state index in [1.54, 1.807) is 11.3 Å². The highest BCUT2D eigenvalue weighted by Gasteiger charge is 2.19. The van der Waals surface area contributed by atoms with Crippen LogP contribution in [-0.4, -0.2) is 11.5 Å². The van der Waals surface area contributed by atoms with Gasteiger partial charge in [0.1, 0.15) is 0 Å². The highest BCUT2D eigenvalue weighted by molar-refractivity contribution is 7.17. The first-order valence-corrected chi connectivity index (χ1v) is 8.67. The Morgan fingerprint density at radius 2 is 2.35 bits per heavy atom. The molecule has 3 rings (SSSR count). The van der Waals surface area contributed by atoms with Gasteiger partial charge in [0.15, 0.2) is 0 Å². The van der Waals surface area contributed by atoms with Gasteiger partial charge in [-0.25, -0.2) is 0 Å². The van der Waals surface area contributed by atoms with Crippen LogP contribution in [0, 0.1) is 11.8 Å². The summed E-state index contributed by atoms with van der Waals surface area (Å²) in [6.07, 6.45) is 7.64. The third-order valence-corrected chi connectivity index (χ3v) is 5.43. The summed E-state index contributed by atoms with van der Waals surface area (Å²) in [4.78, 5) is 4.54. The van der Waals surface area contributed by atoms with Crippen LogP contribution in [0.2, 0.25) is 0 Å². The highest BCUT2D eigenvalue weighted by Crippen LogP contribution is 2.29. The van der Waals surface area contributed by atoms with Gasteiger partial charge in [-0.05, 0) is 61.2 Å². The number of nitrogens with zero attached hydrogens (tertiary/aromatic N) is 1. The minimum atomic E-state index is 0.395. The summed E-state index contributed by atoms with van der Waals surface area (Å²) in [6, 6.07) is 4.77. The van der Waals surface area contributed by atoms with E-state index in [2.05, 4.69) is 41.7 Å². The van der Waals surface area contributed by atoms with Gasteiger partial charge in [-0.1, -0.05) is 19.8 Å². The highest BCUT2D eigenvalue weighted by atomic mass is 32.1. The van der Waals surface area contributed by atoms with E-state index >= 15 is 0 Å². The van der Waals surface area contributed by atoms with Crippen molar-refractivity contribution in [1.29, 1.82) is 0 Å². The average Bonchev–Trinajstić information content (AvgIpc) is 2.92. The number of thiophene rings is 1. The number of rotatable bonds is 4. The molecule has 3 atom stereocenters. The maximum Gasteiger partial charge on any atom is 0.0809 e. The third-order valence-electron chi connectivity index (χ3n) is 4.58. The molecule has 2 aromatic rings. The first-order valence-electron chi connectivity index (χ1n) is 7.79. The Kier molecular flexibility index (Phi) is 4.37. The van der Waals surface area contributed by atoms with Crippen LogP contribution in [0.5, 0.6) is 0 Å². The van der Waals surface area contributed by atoms with Crippen LogP contribution in [0.4, 0.5) is 0 Å². The van der Waals surface area contributed by atoms with Gasteiger partial charge in [-0.3, -0.25) is 4.98 Å². The molecule has 2 aromatic heterocycles. The van der Waals surface area contributed by atoms with Gasteiger partial charge in [-0.2, -0.15) is 0 Å². The van der Waals surface area contributed by atoms with E-state index in [-0.39, 0.29) is 0 Å². The van der Waals surface area contributed by atoms with Gasteiger partial charge in [0.25, 0.3) is 0 Å². The second-order valence-electron chi connectivity index (χ2n) is 6.34. The molecule has 20 heavy (non-hydrogen) atoms. The molecule has 0 saturated heterocycles. The molecule has 3 unspecified atom stereocenters. The van der Waals surface area contributed by atoms with E-state index in [0.29, 0.717) is 6.04 Å². The van der Waals surface area contributed by atoms with Gasteiger partial charge >= 0.3 is 0 Å². The van der Waals surface area contributed by atoms with Gasteiger partial charge in [0.2, 0.25) is 0 Å². The van der Waals surface area contributed by atoms with Crippen molar-refractivity contribution >= 4 is 21.6 Å². The second-order valence-corrected chi connectivity index (χ2v) is 7.29. The minimum Gasteiger partial charge on any atom is -0.310 e. The number of hydrogen-bond acceptors (Lipinski definition) is 3. The Labute approximate surface area is 125 Å². The molecule has 0 aliphatic heterocycles. The lowest BCUT2D eigenvalue weighted by Crippen LogP contribution is -2.28. The minimum absolute atomic E-state index is 0.395. The Bertz CT molecular complexity index is 563. The first-order chi connectivity index (χ1) is 9.72. The molecule has 0 radical (unpaired) electrons. The number of fused-ring (bicyclic) bond motifs is 1. The summed E-state index contributed by atoms with van der Waals surface area (Å²) >= 11 is 1.78. The second kappa shape index (κ2) is 6.23. The molecule has 0 bridgehead atoms. The van der Waals surface area contributed by atoms with E-state index in [1.165, 1.54) is 35.9 Å². The number of aromatic nitrogens is 1. The monoisotopic (exact) mass is 288 g/mol. The molecule has 1 N–H and O–H groups in total. The van der Waals surface area contributed by atoms with E-state index in [1.807, 2.05) is 6.20 Å². The summed E-state index contributed by atoms with van der Waals surface area (Å²) in [7, 11) is 0. The summed E-state index contributed by atoms with van der Waals surface area (Å²) in [5, 5.41) is 5.82. The van der Waals surface area contributed by atoms with Crippen LogP contribution in [0.3, 0.4) is 0 Å². The molecule has 0 aromatic carbocycles. The molecule has 1 aliphatic rings. The number of pyridine rings is 1. The van der Waals surface area contributed by atoms with Crippen LogP contribution >= 0.6 is 11.3 Å². The molecule has 1 saturated carbocycles. The fourth-order valence-electron chi connectivity index (χ4n) is 3.30. The molecule has 2 nitrogen and oxygen atoms in total. The van der Waals surface area contributed by atoms with Crippen LogP contribution in [-0.2, 0) is 0 Å². The number of hydrogen-bond donors (Lipinski definition) is 1. The lowest BCUT2D eigenvalue weighted by atomic mass is 9.82. The molecule has 2 heterocycles. The summed E-state index contributed by atoms with van der Waals surface area (Å²) in [6.45, 7) is 5.79. The quantitative estimate of drug-likeness (QED) is 0.876. The molecule has 0 spiro atoms. The Hall–Kier alpha value is -0.930. The van der Waals surface area contributed by atoms with Gasteiger partial charge in [-0.15, -0.1) is 11.3 Å². The third kappa shape index (κ3) is 3.21. The zero-order chi connectivity index (χ0) is 13.9. The van der Waals surface area contributed by atoms with Gasteiger partial charge in [0.05, 0.1) is 10.2 Å². The van der Waals surface area contributed by atoms with Crippen molar-refractivity contribution in [2.24, 2.45) is 11.8 Å². The van der Waals surface area contributed by atoms with E-state index < -0.39 is 0 Å². The Morgan fingerprint density at radius 3 is 3.20 bits per heavy atom. The topological polar surface area (TPSA) is 24.9 Å². The van der Waals surface area contributed by atoms with Crippen LogP contribution in [0.15, 0.2) is 23.7 Å². The Balaban J connectivity index is 1.59. The van der Waals surface area contributed by atoms with Crippen molar-refractivity contribution in [2.45, 2.75) is 45.6 Å². The lowest BCUT2D eigenvalue weighted by molar-refractivity contribution is 0.268. The van der Waals surface area contributed by atoms with Crippen LogP contribution in [0.25, 0.3) is 10.2 Å². The average molecular weight is 288 g/mol. The van der Waals surface area contributed by atoms with Crippen molar-refractivity contribution in [1.82, 2.24) is 10.3 Å². The molecular formula is C17H24N2S. The fourth-order valence-corrected chi connectivity index (χ4v) is 4.09. The predicted octanol–water partition coefficient (Wildman–Crippen LogP) is 4.77. The SMILES string of the molecule is CC1CCCC(CNC(C)c2cnc3ccsc3c2)C1. The van der Waals surface area contributed by atoms with Crippen molar-refractivity contribution in [2.75, 3.05) is 6.54 Å². The first kappa shape index (κ1) is 14.0. The smallest absolute Gasteiger partial charge is 0.0809 e. The van der Waals surface area contributed by atoms with E-state index in [0.717, 1.165) is 23.9 Å². The maximum absolute atomic E-state index is 4.54. The van der Waals surface area contributed by atoms with Crippen molar-refractivity contribution in [3.63, 3.8) is 0 Å². The molecule has 0 amide bonds. The molecule has 1 fully saturated rings. The zero-order valence-corrected chi connectivity index (χ0v) is 13.2. The van der Waals surface area contributed by atoms with E-state index in [4.69, 9.17) is 0 Å². The standard InChI is InChI=1S/C17H24N2S/c1-12-4-3-5-14(8-12)10-18-13(2)15-9-17-16(19-11-15)6-7-20-17/h6-7,9,11-14,18H,3-5,8,10H2,1-2H3. The number of nitrogens with one attached hydrogen (secondary N) is 1. The molecule has 1 aliphatic carbocycles. The predicted molar refractivity (Wildman–Crippen MR) is 87.2 cm³/mol. The van der Waals surface area contributed by atoms with Gasteiger partial charge < -0.3 is 5.32 Å².